The van der Waals surface area contributed by atoms with Gasteiger partial charge in [0.15, 0.2) is 0 Å². The smallest absolute Gasteiger partial charge is 0.243 e. The predicted molar refractivity (Wildman–Crippen MR) is 134 cm³/mol. The van der Waals surface area contributed by atoms with E-state index < -0.39 is 16.1 Å². The monoisotopic (exact) mass is 501 g/mol. The first-order valence-electron chi connectivity index (χ1n) is 11.9. The number of hydrogen-bond donors (Lipinski definition) is 2. The molecule has 0 bridgehead atoms. The van der Waals surface area contributed by atoms with Crippen LogP contribution < -0.4 is 15.4 Å². The second-order valence-electron chi connectivity index (χ2n) is 9.29. The van der Waals surface area contributed by atoms with E-state index in [-0.39, 0.29) is 41.6 Å². The van der Waals surface area contributed by atoms with Crippen molar-refractivity contribution in [1.29, 1.82) is 0 Å². The Hall–Kier alpha value is -2.91. The average Bonchev–Trinajstić information content (AvgIpc) is 2.86. The van der Waals surface area contributed by atoms with Gasteiger partial charge in [0.2, 0.25) is 21.8 Å². The number of ether oxygens (including phenoxy) is 1. The summed E-state index contributed by atoms with van der Waals surface area (Å²) in [4.78, 5) is 26.0. The standard InChI is InChI=1S/C26H35N3O5S/c1-18(2)24(26(31)27-17-20-7-9-22(34-4)10-8-20)28-25(30)21-13-15-29(16-14-21)35(32,33)23-11-5-19(3)6-12-23/h5-12,18,21,24H,13-17H2,1-4H3,(H,27,31)(H,28,30). The lowest BCUT2D eigenvalue weighted by molar-refractivity contribution is -0.132. The molecule has 1 fully saturated rings. The third-order valence-corrected chi connectivity index (χ3v) is 8.27. The Bertz CT molecular complexity index is 1110. The molecule has 3 rings (SSSR count). The number of nitrogens with one attached hydrogen (secondary N) is 2. The van der Waals surface area contributed by atoms with Crippen molar-refractivity contribution in [1.82, 2.24) is 14.9 Å². The van der Waals surface area contributed by atoms with Crippen molar-refractivity contribution in [2.45, 2.75) is 51.1 Å². The van der Waals surface area contributed by atoms with Crippen molar-refractivity contribution in [2.24, 2.45) is 11.8 Å². The highest BCUT2D eigenvalue weighted by Gasteiger charge is 2.34. The van der Waals surface area contributed by atoms with E-state index in [1.165, 1.54) is 4.31 Å². The second-order valence-corrected chi connectivity index (χ2v) is 11.2. The van der Waals surface area contributed by atoms with Gasteiger partial charge in [-0.25, -0.2) is 8.42 Å². The minimum Gasteiger partial charge on any atom is -0.497 e. The average molecular weight is 502 g/mol. The Morgan fingerprint density at radius 2 is 1.63 bits per heavy atom. The number of aryl methyl sites for hydroxylation is 1. The Balaban J connectivity index is 1.54. The van der Waals surface area contributed by atoms with E-state index >= 15 is 0 Å². The molecule has 1 unspecified atom stereocenters. The summed E-state index contributed by atoms with van der Waals surface area (Å²) in [5.41, 5.74) is 1.92. The molecule has 35 heavy (non-hydrogen) atoms. The Morgan fingerprint density at radius 1 is 1.03 bits per heavy atom. The minimum atomic E-state index is -3.59. The van der Waals surface area contributed by atoms with Gasteiger partial charge in [-0.15, -0.1) is 0 Å². The number of carbonyl (C=O) groups excluding carboxylic acids is 2. The third-order valence-electron chi connectivity index (χ3n) is 6.36. The summed E-state index contributed by atoms with van der Waals surface area (Å²) in [6.07, 6.45) is 0.824. The van der Waals surface area contributed by atoms with E-state index in [4.69, 9.17) is 4.74 Å². The number of benzene rings is 2. The maximum Gasteiger partial charge on any atom is 0.243 e. The zero-order chi connectivity index (χ0) is 25.6. The van der Waals surface area contributed by atoms with Crippen molar-refractivity contribution >= 4 is 21.8 Å². The van der Waals surface area contributed by atoms with E-state index in [9.17, 15) is 18.0 Å². The van der Waals surface area contributed by atoms with Crippen molar-refractivity contribution in [3.8, 4) is 5.75 Å². The van der Waals surface area contributed by atoms with Gasteiger partial charge in [0.05, 0.1) is 12.0 Å². The van der Waals surface area contributed by atoms with Crippen LogP contribution in [0.2, 0.25) is 0 Å². The van der Waals surface area contributed by atoms with Gasteiger partial charge in [0.1, 0.15) is 11.8 Å². The van der Waals surface area contributed by atoms with Gasteiger partial charge in [-0.3, -0.25) is 9.59 Å². The molecule has 1 atom stereocenters. The summed E-state index contributed by atoms with van der Waals surface area (Å²) in [6.45, 7) is 6.55. The summed E-state index contributed by atoms with van der Waals surface area (Å²) in [5, 5.41) is 5.79. The minimum absolute atomic E-state index is 0.100. The first-order chi connectivity index (χ1) is 16.6. The molecule has 2 amide bonds. The maximum absolute atomic E-state index is 13.0. The van der Waals surface area contributed by atoms with Crippen LogP contribution >= 0.6 is 0 Å². The number of hydrogen-bond acceptors (Lipinski definition) is 5. The SMILES string of the molecule is COc1ccc(CNC(=O)C(NC(=O)C2CCN(S(=O)(=O)c3ccc(C)cc3)CC2)C(C)C)cc1. The fraction of sp³-hybridized carbons (Fsp3) is 0.462. The number of piperidine rings is 1. The molecule has 190 valence electrons. The molecule has 0 aliphatic carbocycles. The highest BCUT2D eigenvalue weighted by atomic mass is 32.2. The van der Waals surface area contributed by atoms with Crippen LogP contribution in [0.3, 0.4) is 0 Å². The number of amides is 2. The molecule has 0 saturated carbocycles. The van der Waals surface area contributed by atoms with Gasteiger partial charge in [0, 0.05) is 25.6 Å². The predicted octanol–water partition coefficient (Wildman–Crippen LogP) is 2.86. The van der Waals surface area contributed by atoms with Crippen LogP contribution in [0.5, 0.6) is 5.75 Å². The molecule has 9 heteroatoms. The molecule has 0 radical (unpaired) electrons. The number of sulfonamides is 1. The molecule has 1 heterocycles. The van der Waals surface area contributed by atoms with Crippen LogP contribution in [0.25, 0.3) is 0 Å². The fourth-order valence-electron chi connectivity index (χ4n) is 4.07. The largest absolute Gasteiger partial charge is 0.497 e. The molecule has 0 spiro atoms. The lowest BCUT2D eigenvalue weighted by atomic mass is 9.95. The zero-order valence-corrected chi connectivity index (χ0v) is 21.6. The number of rotatable bonds is 9. The van der Waals surface area contributed by atoms with Crippen LogP contribution in [0.1, 0.15) is 37.8 Å². The van der Waals surface area contributed by atoms with Crippen LogP contribution in [0.15, 0.2) is 53.4 Å². The van der Waals surface area contributed by atoms with E-state index in [2.05, 4.69) is 10.6 Å². The molecule has 1 saturated heterocycles. The Labute approximate surface area is 208 Å². The van der Waals surface area contributed by atoms with Gasteiger partial charge in [-0.1, -0.05) is 43.7 Å². The van der Waals surface area contributed by atoms with E-state index in [1.54, 1.807) is 31.4 Å². The topological polar surface area (TPSA) is 105 Å². The first kappa shape index (κ1) is 26.7. The number of nitrogens with zero attached hydrogens (tertiary/aromatic N) is 1. The quantitative estimate of drug-likeness (QED) is 0.550. The highest BCUT2D eigenvalue weighted by molar-refractivity contribution is 7.89. The molecule has 1 aliphatic rings. The molecule has 1 aliphatic heterocycles. The lowest BCUT2D eigenvalue weighted by Gasteiger charge is -2.32. The van der Waals surface area contributed by atoms with Gasteiger partial charge in [0.25, 0.3) is 0 Å². The maximum atomic E-state index is 13.0. The molecular formula is C26H35N3O5S. The summed E-state index contributed by atoms with van der Waals surface area (Å²) in [6, 6.07) is 13.5. The number of carbonyl (C=O) groups is 2. The zero-order valence-electron chi connectivity index (χ0n) is 20.8. The molecule has 2 aromatic carbocycles. The van der Waals surface area contributed by atoms with E-state index in [0.717, 1.165) is 16.9 Å². The molecule has 0 aromatic heterocycles. The van der Waals surface area contributed by atoms with Crippen LogP contribution in [-0.2, 0) is 26.2 Å². The highest BCUT2D eigenvalue weighted by Crippen LogP contribution is 2.24. The third kappa shape index (κ3) is 6.82. The van der Waals surface area contributed by atoms with Gasteiger partial charge in [-0.05, 0) is 55.5 Å². The molecule has 2 N–H and O–H groups in total. The van der Waals surface area contributed by atoms with Crippen molar-refractivity contribution in [3.05, 3.63) is 59.7 Å². The van der Waals surface area contributed by atoms with E-state index in [0.29, 0.717) is 19.4 Å². The van der Waals surface area contributed by atoms with Gasteiger partial charge in [-0.2, -0.15) is 4.31 Å². The molecular weight excluding hydrogens is 466 g/mol. The number of methoxy groups -OCH3 is 1. The van der Waals surface area contributed by atoms with E-state index in [1.807, 2.05) is 45.0 Å². The van der Waals surface area contributed by atoms with Gasteiger partial charge >= 0.3 is 0 Å². The fourth-order valence-corrected chi connectivity index (χ4v) is 5.54. The normalized spacial score (nSPS) is 16.0. The van der Waals surface area contributed by atoms with Gasteiger partial charge < -0.3 is 15.4 Å². The van der Waals surface area contributed by atoms with Crippen LogP contribution in [-0.4, -0.2) is 50.8 Å². The van der Waals surface area contributed by atoms with Crippen molar-refractivity contribution in [3.63, 3.8) is 0 Å². The van der Waals surface area contributed by atoms with Crippen molar-refractivity contribution < 1.29 is 22.7 Å². The van der Waals surface area contributed by atoms with Crippen LogP contribution in [0, 0.1) is 18.8 Å². The summed E-state index contributed by atoms with van der Waals surface area (Å²) in [7, 11) is -1.99. The first-order valence-corrected chi connectivity index (χ1v) is 13.3. The summed E-state index contributed by atoms with van der Waals surface area (Å²) in [5.74, 6) is -0.156. The van der Waals surface area contributed by atoms with Crippen LogP contribution in [0.4, 0.5) is 0 Å². The second kappa shape index (κ2) is 11.7. The Kier molecular flexibility index (Phi) is 8.91. The van der Waals surface area contributed by atoms with Crippen molar-refractivity contribution in [2.75, 3.05) is 20.2 Å². The lowest BCUT2D eigenvalue weighted by Crippen LogP contribution is -2.52. The molecule has 8 nitrogen and oxygen atoms in total. The summed E-state index contributed by atoms with van der Waals surface area (Å²) < 4.78 is 32.4. The molecule has 2 aromatic rings. The Morgan fingerprint density at radius 3 is 2.17 bits per heavy atom. The summed E-state index contributed by atoms with van der Waals surface area (Å²) >= 11 is 0.